The van der Waals surface area contributed by atoms with E-state index in [1.165, 1.54) is 5.69 Å². The largest absolute Gasteiger partial charge is 0.384 e. The van der Waals surface area contributed by atoms with Crippen LogP contribution in [0.15, 0.2) is 24.3 Å². The average Bonchev–Trinajstić information content (AvgIpc) is 2.28. The Morgan fingerprint density at radius 1 is 1.24 bits per heavy atom. The summed E-state index contributed by atoms with van der Waals surface area (Å²) in [6.07, 6.45) is 0. The summed E-state index contributed by atoms with van der Waals surface area (Å²) in [7, 11) is 0. The van der Waals surface area contributed by atoms with Gasteiger partial charge in [-0.1, -0.05) is 13.8 Å². The molecule has 1 aliphatic rings. The number of hydrogen-bond acceptors (Lipinski definition) is 3. The zero-order valence-corrected chi connectivity index (χ0v) is 11.1. The molecule has 1 saturated heterocycles. The highest BCUT2D eigenvalue weighted by atomic mass is 32.2. The second-order valence-electron chi connectivity index (χ2n) is 4.62. The Hall–Kier alpha value is -1.16. The van der Waals surface area contributed by atoms with E-state index in [1.807, 2.05) is 12.1 Å². The maximum atomic E-state index is 7.38. The summed E-state index contributed by atoms with van der Waals surface area (Å²) in [6.45, 7) is 6.73. The molecule has 2 rings (SSSR count). The summed E-state index contributed by atoms with van der Waals surface area (Å²) in [5, 5.41) is 8.72. The van der Waals surface area contributed by atoms with Crippen LogP contribution >= 0.6 is 11.8 Å². The standard InChI is InChI=1S/C13H19N3S/c1-9-7-16(8-10(2)17-9)12-5-3-11(4-6-12)13(14)15/h3-6,9-10H,7-8H2,1-2H3,(H3,14,15). The van der Waals surface area contributed by atoms with Crippen LogP contribution in [0.5, 0.6) is 0 Å². The molecule has 1 heterocycles. The van der Waals surface area contributed by atoms with Crippen LogP contribution in [0.3, 0.4) is 0 Å². The molecule has 4 heteroatoms. The first-order valence-electron chi connectivity index (χ1n) is 5.91. The van der Waals surface area contributed by atoms with Crippen LogP contribution in [0.1, 0.15) is 19.4 Å². The minimum absolute atomic E-state index is 0.132. The molecule has 3 nitrogen and oxygen atoms in total. The van der Waals surface area contributed by atoms with Crippen molar-refractivity contribution in [2.45, 2.75) is 24.3 Å². The molecular formula is C13H19N3S. The van der Waals surface area contributed by atoms with Gasteiger partial charge in [-0.25, -0.2) is 0 Å². The molecular weight excluding hydrogens is 230 g/mol. The third kappa shape index (κ3) is 2.94. The summed E-state index contributed by atoms with van der Waals surface area (Å²) < 4.78 is 0. The van der Waals surface area contributed by atoms with Gasteiger partial charge in [0, 0.05) is 34.8 Å². The van der Waals surface area contributed by atoms with Crippen molar-refractivity contribution in [2.24, 2.45) is 5.73 Å². The fourth-order valence-electron chi connectivity index (χ4n) is 2.24. The second kappa shape index (κ2) is 5.00. The van der Waals surface area contributed by atoms with Gasteiger partial charge in [0.1, 0.15) is 5.84 Å². The number of thioether (sulfide) groups is 1. The van der Waals surface area contributed by atoms with Gasteiger partial charge in [0.05, 0.1) is 0 Å². The molecule has 1 fully saturated rings. The quantitative estimate of drug-likeness (QED) is 0.624. The maximum Gasteiger partial charge on any atom is 0.122 e. The van der Waals surface area contributed by atoms with Gasteiger partial charge in [0.25, 0.3) is 0 Å². The van der Waals surface area contributed by atoms with Crippen molar-refractivity contribution >= 4 is 23.3 Å². The zero-order valence-electron chi connectivity index (χ0n) is 10.3. The lowest BCUT2D eigenvalue weighted by atomic mass is 10.1. The fourth-order valence-corrected chi connectivity index (χ4v) is 3.57. The van der Waals surface area contributed by atoms with E-state index >= 15 is 0 Å². The van der Waals surface area contributed by atoms with Gasteiger partial charge in [-0.3, -0.25) is 5.41 Å². The molecule has 1 aromatic carbocycles. The number of nitrogens with one attached hydrogen (secondary N) is 1. The Morgan fingerprint density at radius 3 is 2.24 bits per heavy atom. The van der Waals surface area contributed by atoms with Crippen molar-refractivity contribution < 1.29 is 0 Å². The first kappa shape index (κ1) is 12.3. The topological polar surface area (TPSA) is 53.1 Å². The molecule has 17 heavy (non-hydrogen) atoms. The van der Waals surface area contributed by atoms with Crippen molar-refractivity contribution in [3.63, 3.8) is 0 Å². The number of nitrogens with two attached hydrogens (primary N) is 1. The van der Waals surface area contributed by atoms with Crippen LogP contribution in [0.4, 0.5) is 5.69 Å². The first-order chi connectivity index (χ1) is 8.06. The molecule has 1 aromatic rings. The Labute approximate surface area is 107 Å². The van der Waals surface area contributed by atoms with E-state index in [0.717, 1.165) is 18.7 Å². The normalized spacial score (nSPS) is 24.7. The molecule has 0 saturated carbocycles. The van der Waals surface area contributed by atoms with Crippen molar-refractivity contribution in [3.05, 3.63) is 29.8 Å². The SMILES string of the molecule is CC1CN(c2ccc(C(=N)N)cc2)CC(C)S1. The summed E-state index contributed by atoms with van der Waals surface area (Å²) in [5.41, 5.74) is 7.48. The van der Waals surface area contributed by atoms with E-state index in [4.69, 9.17) is 11.1 Å². The van der Waals surface area contributed by atoms with Crippen LogP contribution in [-0.2, 0) is 0 Å². The van der Waals surface area contributed by atoms with Crippen molar-refractivity contribution in [1.29, 1.82) is 5.41 Å². The van der Waals surface area contributed by atoms with Gasteiger partial charge >= 0.3 is 0 Å². The Balaban J connectivity index is 2.14. The smallest absolute Gasteiger partial charge is 0.122 e. The predicted octanol–water partition coefficient (Wildman–Crippen LogP) is 2.30. The van der Waals surface area contributed by atoms with Crippen molar-refractivity contribution in [1.82, 2.24) is 0 Å². The van der Waals surface area contributed by atoms with Crippen LogP contribution in [0.2, 0.25) is 0 Å². The van der Waals surface area contributed by atoms with Crippen LogP contribution in [-0.4, -0.2) is 29.4 Å². The third-order valence-electron chi connectivity index (χ3n) is 2.96. The molecule has 0 bridgehead atoms. The highest BCUT2D eigenvalue weighted by molar-refractivity contribution is 8.00. The fraction of sp³-hybridized carbons (Fsp3) is 0.462. The number of anilines is 1. The molecule has 2 atom stereocenters. The Kier molecular flexibility index (Phi) is 3.62. The molecule has 0 amide bonds. The van der Waals surface area contributed by atoms with E-state index < -0.39 is 0 Å². The number of hydrogen-bond donors (Lipinski definition) is 2. The monoisotopic (exact) mass is 249 g/mol. The van der Waals surface area contributed by atoms with Gasteiger partial charge in [0.15, 0.2) is 0 Å². The minimum Gasteiger partial charge on any atom is -0.384 e. The van der Waals surface area contributed by atoms with Crippen molar-refractivity contribution in [2.75, 3.05) is 18.0 Å². The van der Waals surface area contributed by atoms with E-state index in [0.29, 0.717) is 10.5 Å². The second-order valence-corrected chi connectivity index (χ2v) is 6.50. The van der Waals surface area contributed by atoms with Crippen LogP contribution < -0.4 is 10.6 Å². The summed E-state index contributed by atoms with van der Waals surface area (Å²) >= 11 is 2.05. The molecule has 92 valence electrons. The number of nitrogens with zero attached hydrogens (tertiary/aromatic N) is 1. The molecule has 0 spiro atoms. The molecule has 0 radical (unpaired) electrons. The van der Waals surface area contributed by atoms with Gasteiger partial charge in [-0.2, -0.15) is 11.8 Å². The first-order valence-corrected chi connectivity index (χ1v) is 6.85. The van der Waals surface area contributed by atoms with Gasteiger partial charge in [-0.05, 0) is 24.3 Å². The highest BCUT2D eigenvalue weighted by Gasteiger charge is 2.22. The number of nitrogen functional groups attached to an aromatic ring is 1. The molecule has 2 unspecified atom stereocenters. The number of benzene rings is 1. The van der Waals surface area contributed by atoms with Gasteiger partial charge < -0.3 is 10.6 Å². The van der Waals surface area contributed by atoms with Gasteiger partial charge in [0.2, 0.25) is 0 Å². The summed E-state index contributed by atoms with van der Waals surface area (Å²) in [5.74, 6) is 0.132. The molecule has 3 N–H and O–H groups in total. The van der Waals surface area contributed by atoms with Crippen molar-refractivity contribution in [3.8, 4) is 0 Å². The minimum atomic E-state index is 0.132. The van der Waals surface area contributed by atoms with Crippen LogP contribution in [0.25, 0.3) is 0 Å². The van der Waals surface area contributed by atoms with E-state index in [2.05, 4.69) is 42.6 Å². The zero-order chi connectivity index (χ0) is 12.4. The molecule has 0 aliphatic carbocycles. The molecule has 1 aliphatic heterocycles. The third-order valence-corrected chi connectivity index (χ3v) is 4.19. The molecule has 0 aromatic heterocycles. The number of rotatable bonds is 2. The Bertz CT molecular complexity index is 392. The lowest BCUT2D eigenvalue weighted by Gasteiger charge is -2.36. The highest BCUT2D eigenvalue weighted by Crippen LogP contribution is 2.28. The summed E-state index contributed by atoms with van der Waals surface area (Å²) in [6, 6.07) is 7.97. The lowest BCUT2D eigenvalue weighted by molar-refractivity contribution is 0.728. The number of amidine groups is 1. The van der Waals surface area contributed by atoms with E-state index in [1.54, 1.807) is 0 Å². The predicted molar refractivity (Wildman–Crippen MR) is 76.2 cm³/mol. The summed E-state index contributed by atoms with van der Waals surface area (Å²) in [4.78, 5) is 2.41. The van der Waals surface area contributed by atoms with E-state index in [9.17, 15) is 0 Å². The average molecular weight is 249 g/mol. The lowest BCUT2D eigenvalue weighted by Crippen LogP contribution is -2.40. The Morgan fingerprint density at radius 2 is 1.76 bits per heavy atom. The van der Waals surface area contributed by atoms with Crippen LogP contribution in [0, 0.1) is 5.41 Å². The van der Waals surface area contributed by atoms with E-state index in [-0.39, 0.29) is 5.84 Å². The van der Waals surface area contributed by atoms with Gasteiger partial charge in [-0.15, -0.1) is 0 Å². The maximum absolute atomic E-state index is 7.38.